The second kappa shape index (κ2) is 7.19. The summed E-state index contributed by atoms with van der Waals surface area (Å²) in [5.41, 5.74) is 4.21. The Balaban J connectivity index is 1.78. The van der Waals surface area contributed by atoms with Crippen LogP contribution in [0.15, 0.2) is 10.1 Å². The summed E-state index contributed by atoms with van der Waals surface area (Å²) >= 11 is 0. The van der Waals surface area contributed by atoms with Crippen LogP contribution in [-0.4, -0.2) is 59.2 Å². The van der Waals surface area contributed by atoms with Crippen molar-refractivity contribution in [2.75, 3.05) is 13.6 Å². The number of carbonyl (C=O) groups is 2. The fraction of sp³-hybridized carbons (Fsp3) is 0.750. The van der Waals surface area contributed by atoms with Crippen molar-refractivity contribution in [3.8, 4) is 0 Å². The molecule has 3 amide bonds. The molecule has 3 rings (SSSR count). The van der Waals surface area contributed by atoms with Gasteiger partial charge >= 0.3 is 6.03 Å². The maximum atomic E-state index is 12.3. The quantitative estimate of drug-likeness (QED) is 0.585. The second-order valence-corrected chi connectivity index (χ2v) is 6.61. The molecule has 2 aliphatic heterocycles. The summed E-state index contributed by atoms with van der Waals surface area (Å²) in [6.07, 6.45) is 7.07. The van der Waals surface area contributed by atoms with Crippen molar-refractivity contribution in [2.24, 2.45) is 10.1 Å². The van der Waals surface area contributed by atoms with Crippen LogP contribution in [0.4, 0.5) is 4.79 Å². The third kappa shape index (κ3) is 3.22. The summed E-state index contributed by atoms with van der Waals surface area (Å²) in [4.78, 5) is 32.2. The number of imide groups is 1. The summed E-state index contributed by atoms with van der Waals surface area (Å²) in [6, 6.07) is -0.877. The number of hydrogen-bond acceptors (Lipinski definition) is 6. The maximum Gasteiger partial charge on any atom is 0.325 e. The molecule has 8 nitrogen and oxygen atoms in total. The number of hydrazone groups is 1. The fourth-order valence-corrected chi connectivity index (χ4v) is 3.42. The highest BCUT2D eigenvalue weighted by molar-refractivity contribution is 6.03. The Morgan fingerprint density at radius 2 is 2.04 bits per heavy atom. The van der Waals surface area contributed by atoms with Gasteiger partial charge in [-0.2, -0.15) is 5.10 Å². The molecular formula is C16H26N6O2. The molecule has 0 spiro atoms. The first-order chi connectivity index (χ1) is 11.6. The number of rotatable bonds is 5. The van der Waals surface area contributed by atoms with E-state index in [1.807, 2.05) is 4.90 Å². The van der Waals surface area contributed by atoms with Gasteiger partial charge in [0.05, 0.1) is 0 Å². The summed E-state index contributed by atoms with van der Waals surface area (Å²) in [6.45, 7) is 2.87. The number of urea groups is 1. The molecule has 0 aromatic carbocycles. The molecule has 132 valence electrons. The molecule has 0 aromatic heterocycles. The van der Waals surface area contributed by atoms with Crippen molar-refractivity contribution in [2.45, 2.75) is 64.1 Å². The maximum absolute atomic E-state index is 12.3. The molecule has 0 aromatic rings. The highest BCUT2D eigenvalue weighted by atomic mass is 16.2. The van der Waals surface area contributed by atoms with Crippen LogP contribution in [0.2, 0.25) is 0 Å². The Labute approximate surface area is 142 Å². The zero-order valence-electron chi connectivity index (χ0n) is 14.4. The van der Waals surface area contributed by atoms with Crippen LogP contribution in [0.25, 0.3) is 0 Å². The summed E-state index contributed by atoms with van der Waals surface area (Å²) in [5, 5.41) is 6.88. The van der Waals surface area contributed by atoms with Gasteiger partial charge in [-0.25, -0.2) is 15.2 Å². The van der Waals surface area contributed by atoms with Crippen LogP contribution in [-0.2, 0) is 4.79 Å². The van der Waals surface area contributed by atoms with Gasteiger partial charge < -0.3 is 9.80 Å². The number of likely N-dealkylation sites (N-methyl/N-ethyl adjacent to an activating group) is 1. The fourth-order valence-electron chi connectivity index (χ4n) is 3.42. The third-order valence-corrected chi connectivity index (χ3v) is 4.86. The number of fused-ring (bicyclic) bond motifs is 1. The van der Waals surface area contributed by atoms with Crippen molar-refractivity contribution < 1.29 is 9.59 Å². The normalized spacial score (nSPS) is 26.4. The van der Waals surface area contributed by atoms with Crippen LogP contribution >= 0.6 is 0 Å². The lowest BCUT2D eigenvalue weighted by Crippen LogP contribution is -2.64. The van der Waals surface area contributed by atoms with Gasteiger partial charge in [-0.05, 0) is 32.1 Å². The van der Waals surface area contributed by atoms with E-state index in [4.69, 9.17) is 0 Å². The number of hydrogen-bond donors (Lipinski definition) is 2. The molecule has 2 fully saturated rings. The first kappa shape index (κ1) is 16.7. The lowest BCUT2D eigenvalue weighted by molar-refractivity contribution is -0.127. The summed E-state index contributed by atoms with van der Waals surface area (Å²) < 4.78 is 0. The third-order valence-electron chi connectivity index (χ3n) is 4.86. The number of aliphatic imine (C=N–C) groups is 1. The predicted octanol–water partition coefficient (Wildman–Crippen LogP) is 1.24. The minimum absolute atomic E-state index is 0.284. The minimum Gasteiger partial charge on any atom is -0.326 e. The van der Waals surface area contributed by atoms with Gasteiger partial charge in [0, 0.05) is 19.3 Å². The van der Waals surface area contributed by atoms with Crippen LogP contribution < -0.4 is 10.7 Å². The first-order valence-corrected chi connectivity index (χ1v) is 8.85. The average molecular weight is 334 g/mol. The molecular weight excluding hydrogens is 308 g/mol. The molecule has 0 radical (unpaired) electrons. The van der Waals surface area contributed by atoms with Crippen molar-refractivity contribution in [1.82, 2.24) is 20.5 Å². The van der Waals surface area contributed by atoms with Crippen LogP contribution in [0.1, 0.15) is 51.9 Å². The molecule has 2 heterocycles. The van der Waals surface area contributed by atoms with Crippen LogP contribution in [0.3, 0.4) is 0 Å². The number of guanidine groups is 1. The summed E-state index contributed by atoms with van der Waals surface area (Å²) in [5.74, 6) is 0.311. The lowest BCUT2D eigenvalue weighted by atomic mass is 10.1. The standard InChI is InChI=1S/C16H26N6O2/c1-3-4-7-10-22-12-13(21(2)16(24)18-14(12)23)17-15(22)20-19-11-8-5-6-9-11/h12-13H,3-10H2,1-2H3,(H,17,20)(H,18,23,24). The molecule has 1 saturated heterocycles. The topological polar surface area (TPSA) is 89.4 Å². The van der Waals surface area contributed by atoms with Crippen LogP contribution in [0.5, 0.6) is 0 Å². The van der Waals surface area contributed by atoms with E-state index in [0.717, 1.165) is 44.4 Å². The van der Waals surface area contributed by atoms with Crippen molar-refractivity contribution in [1.29, 1.82) is 0 Å². The van der Waals surface area contributed by atoms with E-state index >= 15 is 0 Å². The van der Waals surface area contributed by atoms with Crippen molar-refractivity contribution in [3.05, 3.63) is 0 Å². The Hall–Kier alpha value is -2.12. The number of nitrogens with one attached hydrogen (secondary N) is 2. The monoisotopic (exact) mass is 334 g/mol. The Morgan fingerprint density at radius 1 is 1.29 bits per heavy atom. The van der Waals surface area contributed by atoms with Crippen LogP contribution in [0, 0.1) is 0 Å². The molecule has 2 unspecified atom stereocenters. The Morgan fingerprint density at radius 3 is 2.75 bits per heavy atom. The van der Waals surface area contributed by atoms with E-state index in [-0.39, 0.29) is 5.91 Å². The zero-order chi connectivity index (χ0) is 17.1. The lowest BCUT2D eigenvalue weighted by Gasteiger charge is -2.36. The molecule has 2 N–H and O–H groups in total. The SMILES string of the molecule is CCCCCN1C(NN=C2CCCC2)=NC2C1C(=O)NC(=O)N2C. The van der Waals surface area contributed by atoms with E-state index in [1.165, 1.54) is 17.7 Å². The van der Waals surface area contributed by atoms with E-state index in [0.29, 0.717) is 5.96 Å². The van der Waals surface area contributed by atoms with Gasteiger partial charge in [0.25, 0.3) is 5.91 Å². The van der Waals surface area contributed by atoms with Gasteiger partial charge in [-0.15, -0.1) is 0 Å². The first-order valence-electron chi connectivity index (χ1n) is 8.85. The van der Waals surface area contributed by atoms with Gasteiger partial charge in [-0.1, -0.05) is 19.8 Å². The van der Waals surface area contributed by atoms with E-state index in [1.54, 1.807) is 7.05 Å². The largest absolute Gasteiger partial charge is 0.326 e. The van der Waals surface area contributed by atoms with E-state index in [9.17, 15) is 9.59 Å². The second-order valence-electron chi connectivity index (χ2n) is 6.61. The Bertz CT molecular complexity index is 565. The zero-order valence-corrected chi connectivity index (χ0v) is 14.4. The number of nitrogens with zero attached hydrogens (tertiary/aromatic N) is 4. The molecule has 8 heteroatoms. The van der Waals surface area contributed by atoms with Gasteiger partial charge in [0.15, 0.2) is 12.2 Å². The van der Waals surface area contributed by atoms with Crippen molar-refractivity contribution in [3.63, 3.8) is 0 Å². The molecule has 1 saturated carbocycles. The minimum atomic E-state index is -0.487. The Kier molecular flexibility index (Phi) is 5.01. The molecule has 24 heavy (non-hydrogen) atoms. The number of carbonyl (C=O) groups excluding carboxylic acids is 2. The van der Waals surface area contributed by atoms with E-state index in [2.05, 4.69) is 27.8 Å². The molecule has 1 aliphatic carbocycles. The number of unbranched alkanes of at least 4 members (excludes halogenated alkanes) is 2. The highest BCUT2D eigenvalue weighted by Gasteiger charge is 2.48. The predicted molar refractivity (Wildman–Crippen MR) is 91.6 cm³/mol. The molecule has 3 aliphatic rings. The molecule has 0 bridgehead atoms. The highest BCUT2D eigenvalue weighted by Crippen LogP contribution is 2.24. The average Bonchev–Trinajstić information content (AvgIpc) is 3.19. The van der Waals surface area contributed by atoms with Gasteiger partial charge in [0.1, 0.15) is 0 Å². The van der Waals surface area contributed by atoms with E-state index < -0.39 is 18.2 Å². The smallest absolute Gasteiger partial charge is 0.325 e. The van der Waals surface area contributed by atoms with Gasteiger partial charge in [0.2, 0.25) is 5.96 Å². The van der Waals surface area contributed by atoms with Crippen molar-refractivity contribution >= 4 is 23.6 Å². The summed E-state index contributed by atoms with van der Waals surface area (Å²) in [7, 11) is 1.67. The number of amides is 3. The molecule has 2 atom stereocenters. The van der Waals surface area contributed by atoms with Gasteiger partial charge in [-0.3, -0.25) is 10.1 Å².